The third kappa shape index (κ3) is 1.43. The monoisotopic (exact) mass is 181 g/mol. The van der Waals surface area contributed by atoms with Crippen LogP contribution in [0.2, 0.25) is 0 Å². The second-order valence-corrected chi connectivity index (χ2v) is 4.01. The van der Waals surface area contributed by atoms with Crippen LogP contribution in [-0.2, 0) is 4.79 Å². The van der Waals surface area contributed by atoms with Gasteiger partial charge in [-0.15, -0.1) is 0 Å². The summed E-state index contributed by atoms with van der Waals surface area (Å²) in [6, 6.07) is 0. The van der Waals surface area contributed by atoms with Crippen LogP contribution in [0.25, 0.3) is 0 Å². The first-order chi connectivity index (χ1) is 6.18. The normalized spacial score (nSPS) is 26.4. The van der Waals surface area contributed by atoms with Crippen molar-refractivity contribution in [3.63, 3.8) is 0 Å². The first kappa shape index (κ1) is 8.60. The van der Waals surface area contributed by atoms with Gasteiger partial charge in [-0.3, -0.25) is 0 Å². The van der Waals surface area contributed by atoms with E-state index in [0.29, 0.717) is 5.57 Å². The quantitative estimate of drug-likeness (QED) is 0.622. The minimum atomic E-state index is -0.762. The highest BCUT2D eigenvalue weighted by Crippen LogP contribution is 2.35. The number of aliphatic carboxylic acids is 1. The van der Waals surface area contributed by atoms with E-state index in [2.05, 4.69) is 4.90 Å². The Morgan fingerprint density at radius 3 is 2.46 bits per heavy atom. The van der Waals surface area contributed by atoms with Crippen molar-refractivity contribution >= 4 is 5.97 Å². The van der Waals surface area contributed by atoms with Crippen LogP contribution in [0, 0.1) is 5.92 Å². The summed E-state index contributed by atoms with van der Waals surface area (Å²) < 4.78 is 0. The number of hydrogen-bond donors (Lipinski definition) is 1. The van der Waals surface area contributed by atoms with Crippen molar-refractivity contribution < 1.29 is 9.90 Å². The topological polar surface area (TPSA) is 40.5 Å². The van der Waals surface area contributed by atoms with E-state index in [4.69, 9.17) is 5.11 Å². The van der Waals surface area contributed by atoms with E-state index in [1.807, 2.05) is 0 Å². The molecule has 0 radical (unpaired) electrons. The molecule has 3 rings (SSSR count). The predicted octanol–water partition coefficient (Wildman–Crippen LogP) is 1.46. The summed E-state index contributed by atoms with van der Waals surface area (Å²) in [5, 5.41) is 8.88. The summed E-state index contributed by atoms with van der Waals surface area (Å²) in [5.41, 5.74) is 1.62. The lowest BCUT2D eigenvalue weighted by atomic mass is 9.85. The van der Waals surface area contributed by atoms with E-state index >= 15 is 0 Å². The number of piperidine rings is 3. The second kappa shape index (κ2) is 3.05. The van der Waals surface area contributed by atoms with Gasteiger partial charge in [0.15, 0.2) is 0 Å². The molecule has 0 atom stereocenters. The van der Waals surface area contributed by atoms with Crippen LogP contribution in [0.3, 0.4) is 0 Å². The summed E-state index contributed by atoms with van der Waals surface area (Å²) in [6.45, 7) is 3.84. The Balaban J connectivity index is 2.25. The molecule has 0 aromatic rings. The number of nitrogens with zero attached hydrogens (tertiary/aromatic N) is 1. The highest BCUT2D eigenvalue weighted by molar-refractivity contribution is 5.86. The van der Waals surface area contributed by atoms with Crippen molar-refractivity contribution in [1.29, 1.82) is 0 Å². The number of carboxylic acids is 1. The summed E-state index contributed by atoms with van der Waals surface area (Å²) in [4.78, 5) is 13.0. The van der Waals surface area contributed by atoms with Gasteiger partial charge in [0.1, 0.15) is 0 Å². The van der Waals surface area contributed by atoms with Gasteiger partial charge in [0.25, 0.3) is 0 Å². The van der Waals surface area contributed by atoms with Gasteiger partial charge in [0.2, 0.25) is 0 Å². The predicted molar refractivity (Wildman–Crippen MR) is 49.2 cm³/mol. The number of fused-ring (bicyclic) bond motifs is 3. The molecule has 3 saturated heterocycles. The molecule has 3 nitrogen and oxygen atoms in total. The molecule has 0 aromatic heterocycles. The first-order valence-electron chi connectivity index (χ1n) is 4.86. The number of hydrogen-bond acceptors (Lipinski definition) is 2. The summed E-state index contributed by atoms with van der Waals surface area (Å²) in [7, 11) is 0. The average molecular weight is 181 g/mol. The molecule has 3 heterocycles. The Labute approximate surface area is 78.0 Å². The van der Waals surface area contributed by atoms with E-state index in [1.165, 1.54) is 12.8 Å². The maximum Gasteiger partial charge on any atom is 0.333 e. The lowest BCUT2D eigenvalue weighted by Crippen LogP contribution is -2.40. The number of carbonyl (C=O) groups is 1. The van der Waals surface area contributed by atoms with Crippen molar-refractivity contribution in [2.75, 3.05) is 13.1 Å². The zero-order valence-electron chi connectivity index (χ0n) is 7.92. The molecule has 3 aliphatic rings. The van der Waals surface area contributed by atoms with Crippen LogP contribution >= 0.6 is 0 Å². The van der Waals surface area contributed by atoms with E-state index in [0.717, 1.165) is 31.1 Å². The minimum Gasteiger partial charge on any atom is -0.478 e. The largest absolute Gasteiger partial charge is 0.478 e. The molecule has 0 amide bonds. The van der Waals surface area contributed by atoms with E-state index in [9.17, 15) is 4.79 Å². The molecule has 3 fully saturated rings. The number of rotatable bonds is 1. The molecule has 0 aliphatic carbocycles. The molecule has 2 bridgehead atoms. The highest BCUT2D eigenvalue weighted by Gasteiger charge is 2.30. The van der Waals surface area contributed by atoms with E-state index in [-0.39, 0.29) is 0 Å². The van der Waals surface area contributed by atoms with Gasteiger partial charge in [-0.25, -0.2) is 4.79 Å². The molecule has 1 N–H and O–H groups in total. The lowest BCUT2D eigenvalue weighted by molar-refractivity contribution is -0.132. The van der Waals surface area contributed by atoms with Crippen LogP contribution in [-0.4, -0.2) is 29.1 Å². The van der Waals surface area contributed by atoms with Gasteiger partial charge in [0.05, 0.1) is 5.57 Å². The smallest absolute Gasteiger partial charge is 0.333 e. The minimum absolute atomic E-state index is 0.546. The average Bonchev–Trinajstić information content (AvgIpc) is 2.18. The maximum atomic E-state index is 10.8. The van der Waals surface area contributed by atoms with Gasteiger partial charge in [-0.05, 0) is 32.1 Å². The van der Waals surface area contributed by atoms with Crippen molar-refractivity contribution in [3.05, 3.63) is 11.3 Å². The maximum absolute atomic E-state index is 10.8. The molecule has 3 aliphatic heterocycles. The van der Waals surface area contributed by atoms with Gasteiger partial charge in [0, 0.05) is 18.8 Å². The Bertz CT molecular complexity index is 262. The van der Waals surface area contributed by atoms with Crippen LogP contribution in [0.5, 0.6) is 0 Å². The standard InChI is InChI=1S/C10H15NO2/c1-7(10(12)13)9-6-8-2-4-11(9)5-3-8/h8H,2-6H2,1H3,(H,12,13). The van der Waals surface area contributed by atoms with Crippen LogP contribution in [0.15, 0.2) is 11.3 Å². The second-order valence-electron chi connectivity index (χ2n) is 4.01. The van der Waals surface area contributed by atoms with Gasteiger partial charge < -0.3 is 10.0 Å². The van der Waals surface area contributed by atoms with E-state index < -0.39 is 5.97 Å². The van der Waals surface area contributed by atoms with E-state index in [1.54, 1.807) is 6.92 Å². The Hall–Kier alpha value is -0.990. The number of carboxylic acid groups (broad SMARTS) is 1. The fraction of sp³-hybridized carbons (Fsp3) is 0.700. The van der Waals surface area contributed by atoms with Crippen molar-refractivity contribution in [3.8, 4) is 0 Å². The molecule has 72 valence electrons. The molecule has 0 spiro atoms. The van der Waals surface area contributed by atoms with Crippen molar-refractivity contribution in [2.45, 2.75) is 26.2 Å². The zero-order chi connectivity index (χ0) is 9.42. The zero-order valence-corrected chi connectivity index (χ0v) is 7.92. The Morgan fingerprint density at radius 2 is 2.08 bits per heavy atom. The van der Waals surface area contributed by atoms with Crippen LogP contribution < -0.4 is 0 Å². The molecular weight excluding hydrogens is 166 g/mol. The van der Waals surface area contributed by atoms with Crippen molar-refractivity contribution in [2.24, 2.45) is 5.92 Å². The summed E-state index contributed by atoms with van der Waals surface area (Å²) in [5.74, 6) is -0.0168. The molecular formula is C10H15NO2. The third-order valence-electron chi connectivity index (χ3n) is 3.23. The van der Waals surface area contributed by atoms with Crippen LogP contribution in [0.1, 0.15) is 26.2 Å². The Morgan fingerprint density at radius 1 is 1.46 bits per heavy atom. The molecule has 13 heavy (non-hydrogen) atoms. The first-order valence-corrected chi connectivity index (χ1v) is 4.86. The molecule has 3 heteroatoms. The molecule has 0 unspecified atom stereocenters. The van der Waals surface area contributed by atoms with Gasteiger partial charge >= 0.3 is 5.97 Å². The SMILES string of the molecule is CC(C(=O)O)=C1CC2CCN1CC2. The lowest BCUT2D eigenvalue weighted by Gasteiger charge is -2.43. The number of allylic oxidation sites excluding steroid dienone is 1. The highest BCUT2D eigenvalue weighted by atomic mass is 16.4. The van der Waals surface area contributed by atoms with Gasteiger partial charge in [-0.2, -0.15) is 0 Å². The molecule has 0 saturated carbocycles. The molecule has 0 aromatic carbocycles. The fourth-order valence-electron chi connectivity index (χ4n) is 2.32. The van der Waals surface area contributed by atoms with Crippen molar-refractivity contribution in [1.82, 2.24) is 4.90 Å². The fourth-order valence-corrected chi connectivity index (χ4v) is 2.32. The third-order valence-corrected chi connectivity index (χ3v) is 3.23. The van der Waals surface area contributed by atoms with Crippen LogP contribution in [0.4, 0.5) is 0 Å². The Kier molecular flexibility index (Phi) is 2.02. The summed E-state index contributed by atoms with van der Waals surface area (Å²) >= 11 is 0. The van der Waals surface area contributed by atoms with Gasteiger partial charge in [-0.1, -0.05) is 0 Å². The summed E-state index contributed by atoms with van der Waals surface area (Å²) in [6.07, 6.45) is 3.48.